The number of imidazole rings is 1. The fourth-order valence-electron chi connectivity index (χ4n) is 3.45. The van der Waals surface area contributed by atoms with E-state index >= 15 is 0 Å². The van der Waals surface area contributed by atoms with Crippen molar-refractivity contribution in [2.75, 3.05) is 31.1 Å². The topological polar surface area (TPSA) is 41.4 Å². The van der Waals surface area contributed by atoms with E-state index in [-0.39, 0.29) is 5.91 Å². The number of benzene rings is 2. The third kappa shape index (κ3) is 3.09. The normalized spacial score (nSPS) is 14.9. The maximum absolute atomic E-state index is 12.5. The molecule has 5 heteroatoms. The highest BCUT2D eigenvalue weighted by atomic mass is 16.2. The average molecular weight is 334 g/mol. The molecule has 1 saturated heterocycles. The number of hydrogen-bond acceptors (Lipinski definition) is 3. The Labute approximate surface area is 147 Å². The number of amides is 1. The fraction of sp³-hybridized carbons (Fsp3) is 0.300. The van der Waals surface area contributed by atoms with Crippen LogP contribution < -0.4 is 4.90 Å². The SMILES string of the molecule is Cn1c(N2CCN(C(=O)Cc3ccccc3)CC2)nc2ccccc21. The molecule has 0 spiro atoms. The molecule has 0 atom stereocenters. The van der Waals surface area contributed by atoms with Gasteiger partial charge in [0.1, 0.15) is 0 Å². The highest BCUT2D eigenvalue weighted by molar-refractivity contribution is 5.80. The van der Waals surface area contributed by atoms with Crippen molar-refractivity contribution in [3.63, 3.8) is 0 Å². The summed E-state index contributed by atoms with van der Waals surface area (Å²) < 4.78 is 2.14. The molecule has 0 N–H and O–H groups in total. The number of para-hydroxylation sites is 2. The van der Waals surface area contributed by atoms with E-state index in [1.54, 1.807) is 0 Å². The summed E-state index contributed by atoms with van der Waals surface area (Å²) in [6, 6.07) is 18.1. The van der Waals surface area contributed by atoms with Gasteiger partial charge >= 0.3 is 0 Å². The van der Waals surface area contributed by atoms with Crippen molar-refractivity contribution in [3.8, 4) is 0 Å². The van der Waals surface area contributed by atoms with Crippen LogP contribution in [-0.2, 0) is 18.3 Å². The molecule has 5 nitrogen and oxygen atoms in total. The molecule has 25 heavy (non-hydrogen) atoms. The monoisotopic (exact) mass is 334 g/mol. The molecule has 2 aromatic carbocycles. The number of anilines is 1. The third-order valence-corrected chi connectivity index (χ3v) is 4.88. The van der Waals surface area contributed by atoms with Crippen molar-refractivity contribution in [2.45, 2.75) is 6.42 Å². The lowest BCUT2D eigenvalue weighted by Gasteiger charge is -2.35. The molecule has 0 saturated carbocycles. The molecule has 1 amide bonds. The van der Waals surface area contributed by atoms with Gasteiger partial charge in [-0.25, -0.2) is 4.98 Å². The summed E-state index contributed by atoms with van der Waals surface area (Å²) in [5, 5.41) is 0. The Morgan fingerprint density at radius 1 is 0.960 bits per heavy atom. The van der Waals surface area contributed by atoms with Crippen molar-refractivity contribution in [1.82, 2.24) is 14.5 Å². The Kier molecular flexibility index (Phi) is 4.14. The maximum Gasteiger partial charge on any atom is 0.227 e. The van der Waals surface area contributed by atoms with Crippen LogP contribution in [0.5, 0.6) is 0 Å². The zero-order valence-electron chi connectivity index (χ0n) is 14.4. The summed E-state index contributed by atoms with van der Waals surface area (Å²) in [5.74, 6) is 1.19. The smallest absolute Gasteiger partial charge is 0.227 e. The van der Waals surface area contributed by atoms with Gasteiger partial charge in [-0.2, -0.15) is 0 Å². The molecule has 0 unspecified atom stereocenters. The van der Waals surface area contributed by atoms with Gasteiger partial charge in [0.25, 0.3) is 0 Å². The third-order valence-electron chi connectivity index (χ3n) is 4.88. The van der Waals surface area contributed by atoms with Gasteiger partial charge in [0.05, 0.1) is 17.5 Å². The first-order valence-corrected chi connectivity index (χ1v) is 8.70. The van der Waals surface area contributed by atoms with Gasteiger partial charge in [-0.05, 0) is 17.7 Å². The van der Waals surface area contributed by atoms with E-state index in [1.165, 1.54) is 0 Å². The summed E-state index contributed by atoms with van der Waals surface area (Å²) in [7, 11) is 2.05. The van der Waals surface area contributed by atoms with E-state index in [9.17, 15) is 4.79 Å². The first-order valence-electron chi connectivity index (χ1n) is 8.70. The average Bonchev–Trinajstić information content (AvgIpc) is 3.00. The molecule has 4 rings (SSSR count). The van der Waals surface area contributed by atoms with Crippen LogP contribution in [-0.4, -0.2) is 46.5 Å². The van der Waals surface area contributed by atoms with Crippen molar-refractivity contribution in [1.29, 1.82) is 0 Å². The number of carbonyl (C=O) groups excluding carboxylic acids is 1. The van der Waals surface area contributed by atoms with E-state index in [2.05, 4.69) is 22.6 Å². The second-order valence-electron chi connectivity index (χ2n) is 6.49. The molecule has 2 heterocycles. The summed E-state index contributed by atoms with van der Waals surface area (Å²) >= 11 is 0. The lowest BCUT2D eigenvalue weighted by molar-refractivity contribution is -0.130. The first-order chi connectivity index (χ1) is 12.2. The van der Waals surface area contributed by atoms with Crippen LogP contribution in [0.2, 0.25) is 0 Å². The Balaban J connectivity index is 1.42. The van der Waals surface area contributed by atoms with Crippen molar-refractivity contribution < 1.29 is 4.79 Å². The van der Waals surface area contributed by atoms with E-state index in [1.807, 2.05) is 53.4 Å². The van der Waals surface area contributed by atoms with Crippen LogP contribution in [0.4, 0.5) is 5.95 Å². The predicted molar refractivity (Wildman–Crippen MR) is 99.7 cm³/mol. The van der Waals surface area contributed by atoms with Crippen molar-refractivity contribution in [2.24, 2.45) is 7.05 Å². The Hall–Kier alpha value is -2.82. The number of rotatable bonds is 3. The molecule has 1 aliphatic heterocycles. The maximum atomic E-state index is 12.5. The molecule has 1 fully saturated rings. The quantitative estimate of drug-likeness (QED) is 0.739. The largest absolute Gasteiger partial charge is 0.339 e. The molecular formula is C20H22N4O. The van der Waals surface area contributed by atoms with Crippen LogP contribution in [0.3, 0.4) is 0 Å². The molecule has 3 aromatic rings. The summed E-state index contributed by atoms with van der Waals surface area (Å²) in [6.07, 6.45) is 0.479. The van der Waals surface area contributed by atoms with Crippen LogP contribution >= 0.6 is 0 Å². The number of piperazine rings is 1. The minimum Gasteiger partial charge on any atom is -0.339 e. The summed E-state index contributed by atoms with van der Waals surface area (Å²) in [4.78, 5) is 21.5. The van der Waals surface area contributed by atoms with Gasteiger partial charge in [-0.1, -0.05) is 42.5 Å². The van der Waals surface area contributed by atoms with Gasteiger partial charge in [-0.3, -0.25) is 4.79 Å². The van der Waals surface area contributed by atoms with Crippen LogP contribution in [0.15, 0.2) is 54.6 Å². The van der Waals surface area contributed by atoms with Crippen LogP contribution in [0, 0.1) is 0 Å². The van der Waals surface area contributed by atoms with Gasteiger partial charge in [0.2, 0.25) is 11.9 Å². The number of hydrogen-bond donors (Lipinski definition) is 0. The number of aryl methyl sites for hydroxylation is 1. The van der Waals surface area contributed by atoms with E-state index < -0.39 is 0 Å². The van der Waals surface area contributed by atoms with Gasteiger partial charge in [0, 0.05) is 33.2 Å². The Morgan fingerprint density at radius 2 is 1.64 bits per heavy atom. The van der Waals surface area contributed by atoms with E-state index in [0.29, 0.717) is 6.42 Å². The lowest BCUT2D eigenvalue weighted by atomic mass is 10.1. The zero-order valence-corrected chi connectivity index (χ0v) is 14.4. The number of nitrogens with zero attached hydrogens (tertiary/aromatic N) is 4. The van der Waals surface area contributed by atoms with Gasteiger partial charge < -0.3 is 14.4 Å². The highest BCUT2D eigenvalue weighted by Crippen LogP contribution is 2.22. The number of carbonyl (C=O) groups is 1. The van der Waals surface area contributed by atoms with Gasteiger partial charge in [-0.15, -0.1) is 0 Å². The van der Waals surface area contributed by atoms with Gasteiger partial charge in [0.15, 0.2) is 0 Å². The van der Waals surface area contributed by atoms with Crippen LogP contribution in [0.25, 0.3) is 11.0 Å². The minimum atomic E-state index is 0.204. The summed E-state index contributed by atoms with van der Waals surface area (Å²) in [6.45, 7) is 3.12. The first kappa shape index (κ1) is 15.7. The molecule has 0 bridgehead atoms. The second-order valence-corrected chi connectivity index (χ2v) is 6.49. The van der Waals surface area contributed by atoms with Crippen LogP contribution in [0.1, 0.15) is 5.56 Å². The van der Waals surface area contributed by atoms with Crippen molar-refractivity contribution in [3.05, 3.63) is 60.2 Å². The van der Waals surface area contributed by atoms with E-state index in [0.717, 1.165) is 48.7 Å². The molecule has 1 aromatic heterocycles. The molecule has 0 aliphatic carbocycles. The summed E-state index contributed by atoms with van der Waals surface area (Å²) in [5.41, 5.74) is 3.23. The number of fused-ring (bicyclic) bond motifs is 1. The Morgan fingerprint density at radius 3 is 2.36 bits per heavy atom. The highest BCUT2D eigenvalue weighted by Gasteiger charge is 2.24. The van der Waals surface area contributed by atoms with Crippen molar-refractivity contribution >= 4 is 22.9 Å². The fourth-order valence-corrected chi connectivity index (χ4v) is 3.45. The molecule has 128 valence electrons. The molecule has 0 radical (unpaired) electrons. The zero-order chi connectivity index (χ0) is 17.2. The minimum absolute atomic E-state index is 0.204. The molecular weight excluding hydrogens is 312 g/mol. The molecule has 1 aliphatic rings. The lowest BCUT2D eigenvalue weighted by Crippen LogP contribution is -2.49. The number of aromatic nitrogens is 2. The Bertz CT molecular complexity index is 879. The van der Waals surface area contributed by atoms with E-state index in [4.69, 9.17) is 4.98 Å². The second kappa shape index (κ2) is 6.59. The standard InChI is InChI=1S/C20H22N4O/c1-22-18-10-6-5-9-17(18)21-20(22)24-13-11-23(12-14-24)19(25)15-16-7-3-2-4-8-16/h2-10H,11-15H2,1H3. The predicted octanol–water partition coefficient (Wildman–Crippen LogP) is 2.46.